The molecular weight excluding hydrogens is 264 g/mol. The summed E-state index contributed by atoms with van der Waals surface area (Å²) in [7, 11) is 0. The van der Waals surface area contributed by atoms with Crippen molar-refractivity contribution in [2.24, 2.45) is 0 Å². The zero-order valence-corrected chi connectivity index (χ0v) is 11.9. The van der Waals surface area contributed by atoms with Gasteiger partial charge in [0.25, 0.3) is 0 Å². The van der Waals surface area contributed by atoms with Crippen LogP contribution < -0.4 is 5.32 Å². The molecule has 7 nitrogen and oxygen atoms in total. The Balaban J connectivity index is 1.74. The molecule has 114 valence electrons. The van der Waals surface area contributed by atoms with Crippen molar-refractivity contribution in [2.75, 3.05) is 19.6 Å². The number of carboxylic acid groups (broad SMARTS) is 1. The van der Waals surface area contributed by atoms with Crippen molar-refractivity contribution in [3.05, 3.63) is 0 Å². The summed E-state index contributed by atoms with van der Waals surface area (Å²) in [6, 6.07) is -0.144. The van der Waals surface area contributed by atoms with Gasteiger partial charge in [-0.3, -0.25) is 0 Å². The second kappa shape index (κ2) is 6.41. The number of hydrogen-bond acceptors (Lipinski definition) is 4. The summed E-state index contributed by atoms with van der Waals surface area (Å²) in [4.78, 5) is 24.5. The maximum absolute atomic E-state index is 12.0. The fourth-order valence-electron chi connectivity index (χ4n) is 2.69. The van der Waals surface area contributed by atoms with Gasteiger partial charge in [-0.2, -0.15) is 0 Å². The summed E-state index contributed by atoms with van der Waals surface area (Å²) in [5, 5.41) is 11.6. The minimum Gasteiger partial charge on any atom is -0.479 e. The first-order valence-electron chi connectivity index (χ1n) is 7.02. The average molecular weight is 286 g/mol. The van der Waals surface area contributed by atoms with Crippen molar-refractivity contribution >= 4 is 12.0 Å². The fourth-order valence-corrected chi connectivity index (χ4v) is 2.69. The van der Waals surface area contributed by atoms with Gasteiger partial charge in [-0.15, -0.1) is 0 Å². The highest BCUT2D eigenvalue weighted by atomic mass is 16.5. The van der Waals surface area contributed by atoms with E-state index in [1.165, 1.54) is 0 Å². The number of hydrogen-bond donors (Lipinski definition) is 2. The number of nitrogens with one attached hydrogen (secondary N) is 1. The zero-order valence-electron chi connectivity index (χ0n) is 11.9. The van der Waals surface area contributed by atoms with Crippen LogP contribution in [-0.2, 0) is 14.3 Å². The van der Waals surface area contributed by atoms with E-state index in [2.05, 4.69) is 5.32 Å². The number of nitrogens with zero attached hydrogens (tertiary/aromatic N) is 1. The van der Waals surface area contributed by atoms with E-state index < -0.39 is 12.1 Å². The number of morpholine rings is 1. The maximum Gasteiger partial charge on any atom is 0.332 e. The number of carboxylic acids is 1. The fraction of sp³-hybridized carbons (Fsp3) is 0.846. The Hall–Kier alpha value is -1.34. The van der Waals surface area contributed by atoms with Gasteiger partial charge in [0.1, 0.15) is 0 Å². The average Bonchev–Trinajstić information content (AvgIpc) is 2.83. The van der Waals surface area contributed by atoms with E-state index in [0.717, 1.165) is 0 Å². The van der Waals surface area contributed by atoms with Gasteiger partial charge >= 0.3 is 12.0 Å². The molecule has 2 amide bonds. The Bertz CT molecular complexity index is 366. The monoisotopic (exact) mass is 286 g/mol. The summed E-state index contributed by atoms with van der Waals surface area (Å²) < 4.78 is 10.9. The molecule has 2 heterocycles. The summed E-state index contributed by atoms with van der Waals surface area (Å²) in [5.74, 6) is -0.936. The smallest absolute Gasteiger partial charge is 0.332 e. The van der Waals surface area contributed by atoms with Crippen LogP contribution >= 0.6 is 0 Å². The van der Waals surface area contributed by atoms with Crippen molar-refractivity contribution in [1.82, 2.24) is 10.2 Å². The van der Waals surface area contributed by atoms with E-state index in [-0.39, 0.29) is 24.3 Å². The van der Waals surface area contributed by atoms with Crippen LogP contribution in [0.15, 0.2) is 0 Å². The first-order chi connectivity index (χ1) is 9.45. The topological polar surface area (TPSA) is 88.1 Å². The molecule has 2 aliphatic heterocycles. The molecule has 0 saturated carbocycles. The number of carbonyl (C=O) groups is 2. The van der Waals surface area contributed by atoms with Crippen molar-refractivity contribution in [3.8, 4) is 0 Å². The number of amides is 2. The summed E-state index contributed by atoms with van der Waals surface area (Å²) in [5.41, 5.74) is 0. The van der Waals surface area contributed by atoms with Crippen LogP contribution in [0, 0.1) is 0 Å². The van der Waals surface area contributed by atoms with Gasteiger partial charge in [-0.25, -0.2) is 9.59 Å². The molecule has 0 aromatic rings. The van der Waals surface area contributed by atoms with E-state index in [9.17, 15) is 9.59 Å². The van der Waals surface area contributed by atoms with Gasteiger partial charge in [0.2, 0.25) is 0 Å². The van der Waals surface area contributed by atoms with Crippen molar-refractivity contribution in [3.63, 3.8) is 0 Å². The minimum absolute atomic E-state index is 0.0311. The summed E-state index contributed by atoms with van der Waals surface area (Å²) in [6.07, 6.45) is 0.276. The van der Waals surface area contributed by atoms with Crippen LogP contribution in [0.4, 0.5) is 4.79 Å². The van der Waals surface area contributed by atoms with Crippen molar-refractivity contribution in [1.29, 1.82) is 0 Å². The molecule has 0 bridgehead atoms. The van der Waals surface area contributed by atoms with Gasteiger partial charge in [-0.05, 0) is 26.7 Å². The molecule has 0 aromatic carbocycles. The Morgan fingerprint density at radius 2 is 1.85 bits per heavy atom. The quantitative estimate of drug-likeness (QED) is 0.786. The lowest BCUT2D eigenvalue weighted by molar-refractivity contribution is -0.149. The Kier molecular flexibility index (Phi) is 4.82. The highest BCUT2D eigenvalue weighted by Crippen LogP contribution is 2.19. The Labute approximate surface area is 118 Å². The van der Waals surface area contributed by atoms with E-state index in [4.69, 9.17) is 14.6 Å². The van der Waals surface area contributed by atoms with E-state index >= 15 is 0 Å². The molecule has 0 spiro atoms. The van der Waals surface area contributed by atoms with E-state index in [1.807, 2.05) is 13.8 Å². The Morgan fingerprint density at radius 3 is 2.40 bits per heavy atom. The molecule has 2 saturated heterocycles. The van der Waals surface area contributed by atoms with Crippen LogP contribution in [0.5, 0.6) is 0 Å². The molecule has 0 aliphatic carbocycles. The predicted octanol–water partition coefficient (Wildman–Crippen LogP) is 0.437. The van der Waals surface area contributed by atoms with Crippen molar-refractivity contribution in [2.45, 2.75) is 51.1 Å². The van der Waals surface area contributed by atoms with Gasteiger partial charge < -0.3 is 24.8 Å². The Morgan fingerprint density at radius 1 is 1.20 bits per heavy atom. The van der Waals surface area contributed by atoms with Gasteiger partial charge in [0, 0.05) is 19.6 Å². The molecule has 2 rings (SSSR count). The first kappa shape index (κ1) is 15.1. The number of urea groups is 1. The SMILES string of the molecule is C[C@@H]1CN(C(=O)NCC2CCC(C(=O)O)O2)C[C@H](C)O1. The third-order valence-corrected chi connectivity index (χ3v) is 3.57. The lowest BCUT2D eigenvalue weighted by atomic mass is 10.2. The van der Waals surface area contributed by atoms with Gasteiger partial charge in [-0.1, -0.05) is 0 Å². The molecular formula is C13H22N2O5. The minimum atomic E-state index is -0.936. The molecule has 0 aromatic heterocycles. The summed E-state index contributed by atoms with van der Waals surface area (Å²) >= 11 is 0. The normalized spacial score (nSPS) is 34.0. The molecule has 4 atom stereocenters. The number of ether oxygens (including phenoxy) is 2. The second-order valence-corrected chi connectivity index (χ2v) is 5.51. The van der Waals surface area contributed by atoms with Gasteiger partial charge in [0.15, 0.2) is 6.10 Å². The van der Waals surface area contributed by atoms with Crippen LogP contribution in [0.2, 0.25) is 0 Å². The van der Waals surface area contributed by atoms with Crippen LogP contribution in [-0.4, -0.2) is 66.1 Å². The standard InChI is InChI=1S/C13H22N2O5/c1-8-6-15(7-9(2)19-8)13(18)14-5-10-3-4-11(20-10)12(16)17/h8-11H,3-7H2,1-2H3,(H,14,18)(H,16,17)/t8-,9+,10?,11?. The largest absolute Gasteiger partial charge is 0.479 e. The number of aliphatic carboxylic acids is 1. The van der Waals surface area contributed by atoms with Crippen LogP contribution in [0.25, 0.3) is 0 Å². The predicted molar refractivity (Wildman–Crippen MR) is 70.5 cm³/mol. The first-order valence-corrected chi connectivity index (χ1v) is 7.02. The highest BCUT2D eigenvalue weighted by Gasteiger charge is 2.31. The lowest BCUT2D eigenvalue weighted by Gasteiger charge is -2.35. The van der Waals surface area contributed by atoms with Crippen LogP contribution in [0.1, 0.15) is 26.7 Å². The molecule has 2 unspecified atom stereocenters. The van der Waals surface area contributed by atoms with E-state index in [0.29, 0.717) is 32.5 Å². The lowest BCUT2D eigenvalue weighted by Crippen LogP contribution is -2.52. The highest BCUT2D eigenvalue weighted by molar-refractivity contribution is 5.74. The van der Waals surface area contributed by atoms with Gasteiger partial charge in [0.05, 0.1) is 18.3 Å². The molecule has 2 fully saturated rings. The molecule has 2 N–H and O–H groups in total. The summed E-state index contributed by atoms with van der Waals surface area (Å²) in [6.45, 7) is 5.36. The van der Waals surface area contributed by atoms with E-state index in [1.54, 1.807) is 4.90 Å². The van der Waals surface area contributed by atoms with Crippen molar-refractivity contribution < 1.29 is 24.2 Å². The molecule has 7 heteroatoms. The molecule has 0 radical (unpaired) electrons. The van der Waals surface area contributed by atoms with Crippen LogP contribution in [0.3, 0.4) is 0 Å². The second-order valence-electron chi connectivity index (χ2n) is 5.51. The molecule has 20 heavy (non-hydrogen) atoms. The third kappa shape index (κ3) is 3.83. The number of carbonyl (C=O) groups excluding carboxylic acids is 1. The maximum atomic E-state index is 12.0. The zero-order chi connectivity index (χ0) is 14.7. The third-order valence-electron chi connectivity index (χ3n) is 3.57. The molecule has 2 aliphatic rings. The number of rotatable bonds is 3.